The molecule has 2 aromatic carbocycles. The standard InChI is InChI=1S/C19H15ClF2N2O3S/c20-14-8-12(21)4-3-11(14)10-23-19(25)18-16-2-1-7-24(16)15-6-5-13(22)9-17(15)28(18,26)27/h3-6,8-9H,1-2,7,10H2,(H,23,25). The third-order valence-corrected chi connectivity index (χ3v) is 7.03. The number of hydrogen-bond acceptors (Lipinski definition) is 4. The lowest BCUT2D eigenvalue weighted by Gasteiger charge is -2.30. The number of anilines is 1. The molecule has 0 spiro atoms. The molecular formula is C19H15ClF2N2O3S. The van der Waals surface area contributed by atoms with Gasteiger partial charge in [-0.25, -0.2) is 17.2 Å². The zero-order valence-corrected chi connectivity index (χ0v) is 16.1. The van der Waals surface area contributed by atoms with E-state index >= 15 is 0 Å². The van der Waals surface area contributed by atoms with Crippen LogP contribution in [0.5, 0.6) is 0 Å². The Bertz CT molecular complexity index is 1130. The molecule has 2 aromatic rings. The third-order valence-electron chi connectivity index (χ3n) is 4.81. The van der Waals surface area contributed by atoms with Crippen molar-refractivity contribution in [2.75, 3.05) is 11.4 Å². The van der Waals surface area contributed by atoms with Crippen LogP contribution in [0.1, 0.15) is 18.4 Å². The van der Waals surface area contributed by atoms with E-state index in [1.165, 1.54) is 24.3 Å². The number of hydrogen-bond donors (Lipinski definition) is 1. The van der Waals surface area contributed by atoms with Crippen molar-refractivity contribution in [1.82, 2.24) is 5.32 Å². The Hall–Kier alpha value is -2.45. The maximum Gasteiger partial charge on any atom is 0.265 e. The summed E-state index contributed by atoms with van der Waals surface area (Å²) in [5.74, 6) is -2.00. The Balaban J connectivity index is 1.70. The number of nitrogens with zero attached hydrogens (tertiary/aromatic N) is 1. The highest BCUT2D eigenvalue weighted by Crippen LogP contribution is 2.43. The highest BCUT2D eigenvalue weighted by atomic mass is 35.5. The maximum atomic E-state index is 13.7. The summed E-state index contributed by atoms with van der Waals surface area (Å²) >= 11 is 5.96. The van der Waals surface area contributed by atoms with Crippen molar-refractivity contribution in [3.63, 3.8) is 0 Å². The third kappa shape index (κ3) is 3.06. The number of sulfone groups is 1. The smallest absolute Gasteiger partial charge is 0.265 e. The molecule has 5 nitrogen and oxygen atoms in total. The first-order valence-corrected chi connectivity index (χ1v) is 10.4. The van der Waals surface area contributed by atoms with Crippen LogP contribution >= 0.6 is 11.6 Å². The van der Waals surface area contributed by atoms with Gasteiger partial charge >= 0.3 is 0 Å². The van der Waals surface area contributed by atoms with E-state index in [-0.39, 0.29) is 21.4 Å². The van der Waals surface area contributed by atoms with Crippen LogP contribution in [0, 0.1) is 11.6 Å². The Morgan fingerprint density at radius 2 is 1.86 bits per heavy atom. The van der Waals surface area contributed by atoms with Gasteiger partial charge in [-0.1, -0.05) is 17.7 Å². The largest absolute Gasteiger partial charge is 0.347 e. The van der Waals surface area contributed by atoms with E-state index in [0.717, 1.165) is 12.1 Å². The van der Waals surface area contributed by atoms with E-state index in [0.29, 0.717) is 36.3 Å². The maximum absolute atomic E-state index is 13.7. The normalized spacial score (nSPS) is 17.3. The molecule has 0 saturated carbocycles. The van der Waals surface area contributed by atoms with Crippen LogP contribution in [0.15, 0.2) is 51.9 Å². The van der Waals surface area contributed by atoms with E-state index in [1.807, 2.05) is 0 Å². The number of benzene rings is 2. The molecule has 1 saturated heterocycles. The molecule has 0 radical (unpaired) electrons. The molecule has 2 aliphatic heterocycles. The lowest BCUT2D eigenvalue weighted by Crippen LogP contribution is -2.35. The molecule has 2 heterocycles. The molecule has 1 fully saturated rings. The summed E-state index contributed by atoms with van der Waals surface area (Å²) in [4.78, 5) is 14.0. The molecule has 146 valence electrons. The predicted molar refractivity (Wildman–Crippen MR) is 100 cm³/mol. The second-order valence-electron chi connectivity index (χ2n) is 6.56. The Labute approximate surface area is 165 Å². The van der Waals surface area contributed by atoms with Crippen molar-refractivity contribution in [2.24, 2.45) is 0 Å². The number of rotatable bonds is 3. The fraction of sp³-hybridized carbons (Fsp3) is 0.211. The van der Waals surface area contributed by atoms with Crippen molar-refractivity contribution in [2.45, 2.75) is 24.3 Å². The second-order valence-corrected chi connectivity index (χ2v) is 8.83. The monoisotopic (exact) mass is 424 g/mol. The summed E-state index contributed by atoms with van der Waals surface area (Å²) < 4.78 is 53.0. The predicted octanol–water partition coefficient (Wildman–Crippen LogP) is 3.53. The number of nitrogens with one attached hydrogen (secondary N) is 1. The molecule has 0 bridgehead atoms. The molecule has 0 atom stereocenters. The van der Waals surface area contributed by atoms with Gasteiger partial charge in [0.25, 0.3) is 5.91 Å². The minimum atomic E-state index is -4.19. The molecule has 28 heavy (non-hydrogen) atoms. The van der Waals surface area contributed by atoms with Gasteiger partial charge in [0, 0.05) is 23.8 Å². The van der Waals surface area contributed by atoms with Crippen LogP contribution in [0.25, 0.3) is 0 Å². The molecule has 0 unspecified atom stereocenters. The first-order valence-electron chi connectivity index (χ1n) is 8.56. The van der Waals surface area contributed by atoms with Gasteiger partial charge in [-0.15, -0.1) is 0 Å². The van der Waals surface area contributed by atoms with E-state index in [2.05, 4.69) is 5.32 Å². The van der Waals surface area contributed by atoms with Crippen LogP contribution in [0.2, 0.25) is 5.02 Å². The van der Waals surface area contributed by atoms with Crippen LogP contribution in [0.4, 0.5) is 14.5 Å². The quantitative estimate of drug-likeness (QED) is 0.818. The van der Waals surface area contributed by atoms with Gasteiger partial charge in [0.2, 0.25) is 9.84 Å². The van der Waals surface area contributed by atoms with Crippen molar-refractivity contribution in [1.29, 1.82) is 0 Å². The zero-order chi connectivity index (χ0) is 20.1. The average molecular weight is 425 g/mol. The van der Waals surface area contributed by atoms with Gasteiger partial charge in [-0.05, 0) is 48.7 Å². The molecule has 0 aliphatic carbocycles. The number of carbonyl (C=O) groups is 1. The van der Waals surface area contributed by atoms with Gasteiger partial charge < -0.3 is 10.2 Å². The first-order chi connectivity index (χ1) is 13.3. The summed E-state index contributed by atoms with van der Waals surface area (Å²) in [6.07, 6.45) is 1.11. The molecular weight excluding hydrogens is 410 g/mol. The summed E-state index contributed by atoms with van der Waals surface area (Å²) in [6.45, 7) is 0.476. The van der Waals surface area contributed by atoms with E-state index in [9.17, 15) is 22.0 Å². The topological polar surface area (TPSA) is 66.5 Å². The highest BCUT2D eigenvalue weighted by Gasteiger charge is 2.41. The Morgan fingerprint density at radius 1 is 1.14 bits per heavy atom. The van der Waals surface area contributed by atoms with Gasteiger partial charge in [-0.3, -0.25) is 4.79 Å². The number of fused-ring (bicyclic) bond motifs is 3. The van der Waals surface area contributed by atoms with Crippen molar-refractivity contribution in [3.05, 3.63) is 69.2 Å². The SMILES string of the molecule is O=C(NCc1ccc(F)cc1Cl)C1=C2CCCN2c2ccc(F)cc2S1(=O)=O. The summed E-state index contributed by atoms with van der Waals surface area (Å²) in [7, 11) is -4.19. The minimum absolute atomic E-state index is 0.0692. The van der Waals surface area contributed by atoms with Gasteiger partial charge in [0.1, 0.15) is 11.6 Å². The van der Waals surface area contributed by atoms with E-state index < -0.39 is 27.4 Å². The number of carbonyl (C=O) groups excluding carboxylic acids is 1. The Kier molecular flexibility index (Phi) is 4.63. The molecule has 0 aromatic heterocycles. The van der Waals surface area contributed by atoms with E-state index in [1.54, 1.807) is 4.90 Å². The summed E-state index contributed by atoms with van der Waals surface area (Å²) in [5, 5.41) is 2.66. The van der Waals surface area contributed by atoms with Crippen molar-refractivity contribution >= 4 is 33.0 Å². The number of amides is 1. The summed E-state index contributed by atoms with van der Waals surface area (Å²) in [5.41, 5.74) is 1.23. The van der Waals surface area contributed by atoms with Gasteiger partial charge in [0.05, 0.1) is 10.6 Å². The second kappa shape index (κ2) is 6.86. The summed E-state index contributed by atoms with van der Waals surface area (Å²) in [6, 6.07) is 7.28. The Morgan fingerprint density at radius 3 is 2.61 bits per heavy atom. The van der Waals surface area contributed by atoms with Crippen LogP contribution in [-0.2, 0) is 21.2 Å². The van der Waals surface area contributed by atoms with Crippen molar-refractivity contribution < 1.29 is 22.0 Å². The first kappa shape index (κ1) is 18.9. The lowest BCUT2D eigenvalue weighted by atomic mass is 10.2. The number of halogens is 3. The van der Waals surface area contributed by atoms with Crippen molar-refractivity contribution in [3.8, 4) is 0 Å². The molecule has 1 N–H and O–H groups in total. The van der Waals surface area contributed by atoms with Crippen LogP contribution in [0.3, 0.4) is 0 Å². The van der Waals surface area contributed by atoms with Crippen LogP contribution in [-0.4, -0.2) is 20.9 Å². The molecule has 9 heteroatoms. The molecule has 4 rings (SSSR count). The lowest BCUT2D eigenvalue weighted by molar-refractivity contribution is -0.117. The molecule has 1 amide bonds. The molecule has 2 aliphatic rings. The van der Waals surface area contributed by atoms with E-state index in [4.69, 9.17) is 11.6 Å². The highest BCUT2D eigenvalue weighted by molar-refractivity contribution is 7.96. The average Bonchev–Trinajstić information content (AvgIpc) is 3.10. The number of allylic oxidation sites excluding steroid dienone is 1. The zero-order valence-electron chi connectivity index (χ0n) is 14.5. The fourth-order valence-corrected chi connectivity index (χ4v) is 5.56. The fourth-order valence-electron chi connectivity index (χ4n) is 3.54. The van der Waals surface area contributed by atoms with Crippen LogP contribution < -0.4 is 10.2 Å². The minimum Gasteiger partial charge on any atom is -0.347 e. The van der Waals surface area contributed by atoms with Gasteiger partial charge in [-0.2, -0.15) is 0 Å². The van der Waals surface area contributed by atoms with Gasteiger partial charge in [0.15, 0.2) is 4.91 Å².